The maximum atomic E-state index is 12.6. The number of hydrogen-bond donors (Lipinski definition) is 2. The number of unbranched alkanes of at least 4 members (excludes halogenated alkanes) is 1. The molecule has 0 saturated carbocycles. The summed E-state index contributed by atoms with van der Waals surface area (Å²) in [4.78, 5) is 54.4. The Labute approximate surface area is 154 Å². The number of H-pyrrole nitrogens is 1. The number of nitrogens with one attached hydrogen (secondary N) is 2. The first kappa shape index (κ1) is 19.9. The molecule has 0 spiro atoms. The van der Waals surface area contributed by atoms with E-state index in [-0.39, 0.29) is 41.2 Å². The van der Waals surface area contributed by atoms with Crippen LogP contribution in [0.2, 0.25) is 0 Å². The second kappa shape index (κ2) is 8.31. The van der Waals surface area contributed by atoms with Crippen molar-refractivity contribution in [3.63, 3.8) is 0 Å². The first-order valence-corrected chi connectivity index (χ1v) is 8.85. The summed E-state index contributed by atoms with van der Waals surface area (Å²) in [6.07, 6.45) is 2.04. The highest BCUT2D eigenvalue weighted by Gasteiger charge is 2.16. The second-order valence-corrected chi connectivity index (χ2v) is 6.54. The van der Waals surface area contributed by atoms with E-state index >= 15 is 0 Å². The van der Waals surface area contributed by atoms with Gasteiger partial charge in [0.2, 0.25) is 11.9 Å². The molecule has 0 radical (unpaired) electrons. The molecule has 26 heavy (non-hydrogen) atoms. The summed E-state index contributed by atoms with van der Waals surface area (Å²) in [5, 5.41) is 2.42. The van der Waals surface area contributed by atoms with Crippen molar-refractivity contribution >= 4 is 40.4 Å². The largest absolute Gasteiger partial charge is 0.332 e. The van der Waals surface area contributed by atoms with Crippen LogP contribution in [0.5, 0.6) is 0 Å². The average Bonchev–Trinajstić information content (AvgIpc) is 3.02. The number of nitrogens with zero attached hydrogens (tertiary/aromatic N) is 3. The molecule has 0 aliphatic rings. The van der Waals surface area contributed by atoms with Crippen molar-refractivity contribution in [3.8, 4) is 0 Å². The van der Waals surface area contributed by atoms with Gasteiger partial charge in [-0.1, -0.05) is 13.3 Å². The smallest absolute Gasteiger partial charge is 0.318 e. The first-order chi connectivity index (χ1) is 12.3. The number of carbonyl (C=O) groups excluding carboxylic acids is 2. The Kier molecular flexibility index (Phi) is 6.36. The molecule has 1 amide bonds. The molecular formula is C16H22ClN5O4. The number of aromatic nitrogens is 4. The zero-order valence-electron chi connectivity index (χ0n) is 15.0. The van der Waals surface area contributed by atoms with E-state index in [2.05, 4.69) is 15.3 Å². The Balaban J connectivity index is 2.25. The Morgan fingerprint density at radius 3 is 2.62 bits per heavy atom. The number of rotatable bonds is 8. The number of carbonyl (C=O) groups is 2. The standard InChI is InChI=1S/C16H22ClN5O4/c1-9(10(2)23)6-4-5-7-22-14(25)12-13(21(3)16(22)26)20-15(19-12)18-11(24)8-17/h9H,4-8H2,1-3H3,(H2,18,19,20,24)/t9-/m1/s1. The molecule has 0 aliphatic carbocycles. The molecular weight excluding hydrogens is 362 g/mol. The SMILES string of the molecule is CC(=O)[C@H](C)CCCCn1c(=O)c2[nH]c(NC(=O)CCl)nc2n(C)c1=O. The number of ketones is 1. The lowest BCUT2D eigenvalue weighted by atomic mass is 10.0. The third-order valence-corrected chi connectivity index (χ3v) is 4.56. The number of anilines is 1. The molecule has 9 nitrogen and oxygen atoms in total. The number of hydrogen-bond acceptors (Lipinski definition) is 5. The number of amides is 1. The van der Waals surface area contributed by atoms with Gasteiger partial charge in [-0.2, -0.15) is 4.98 Å². The molecule has 142 valence electrons. The minimum Gasteiger partial charge on any atom is -0.318 e. The predicted molar refractivity (Wildman–Crippen MR) is 98.6 cm³/mol. The van der Waals surface area contributed by atoms with Crippen LogP contribution in [0.15, 0.2) is 9.59 Å². The van der Waals surface area contributed by atoms with Crippen LogP contribution in [-0.4, -0.2) is 36.7 Å². The third kappa shape index (κ3) is 4.21. The van der Waals surface area contributed by atoms with E-state index < -0.39 is 17.2 Å². The van der Waals surface area contributed by atoms with Gasteiger partial charge in [0.05, 0.1) is 0 Å². The van der Waals surface area contributed by atoms with Gasteiger partial charge in [0, 0.05) is 19.5 Å². The van der Waals surface area contributed by atoms with E-state index in [0.29, 0.717) is 12.8 Å². The maximum absolute atomic E-state index is 12.6. The second-order valence-electron chi connectivity index (χ2n) is 6.27. The summed E-state index contributed by atoms with van der Waals surface area (Å²) in [7, 11) is 1.51. The molecule has 0 saturated heterocycles. The number of imidazole rings is 1. The predicted octanol–water partition coefficient (Wildman–Crippen LogP) is 0.996. The summed E-state index contributed by atoms with van der Waals surface area (Å²) in [5.41, 5.74) is -0.689. The maximum Gasteiger partial charge on any atom is 0.332 e. The van der Waals surface area contributed by atoms with Crippen molar-refractivity contribution < 1.29 is 9.59 Å². The van der Waals surface area contributed by atoms with Crippen LogP contribution in [0.4, 0.5) is 5.95 Å². The Morgan fingerprint density at radius 2 is 2.00 bits per heavy atom. The Hall–Kier alpha value is -2.42. The Morgan fingerprint density at radius 1 is 1.31 bits per heavy atom. The fourth-order valence-electron chi connectivity index (χ4n) is 2.59. The van der Waals surface area contributed by atoms with Crippen LogP contribution in [0.1, 0.15) is 33.1 Å². The van der Waals surface area contributed by atoms with Crippen LogP contribution in [0.3, 0.4) is 0 Å². The molecule has 2 heterocycles. The molecule has 0 fully saturated rings. The Bertz CT molecular complexity index is 942. The summed E-state index contributed by atoms with van der Waals surface area (Å²) in [6.45, 7) is 3.66. The fraction of sp³-hybridized carbons (Fsp3) is 0.562. The van der Waals surface area contributed by atoms with Gasteiger partial charge >= 0.3 is 5.69 Å². The lowest BCUT2D eigenvalue weighted by Gasteiger charge is -2.09. The van der Waals surface area contributed by atoms with Crippen molar-refractivity contribution in [3.05, 3.63) is 20.8 Å². The topological polar surface area (TPSA) is 119 Å². The highest BCUT2D eigenvalue weighted by Crippen LogP contribution is 2.11. The molecule has 2 aromatic rings. The van der Waals surface area contributed by atoms with Crippen LogP contribution < -0.4 is 16.6 Å². The molecule has 1 atom stereocenters. The monoisotopic (exact) mass is 383 g/mol. The van der Waals surface area contributed by atoms with Crippen molar-refractivity contribution in [2.45, 2.75) is 39.7 Å². The van der Waals surface area contributed by atoms with Gasteiger partial charge in [0.15, 0.2) is 11.2 Å². The lowest BCUT2D eigenvalue weighted by molar-refractivity contribution is -0.120. The highest BCUT2D eigenvalue weighted by atomic mass is 35.5. The van der Waals surface area contributed by atoms with Crippen molar-refractivity contribution in [2.75, 3.05) is 11.2 Å². The molecule has 0 aromatic carbocycles. The van der Waals surface area contributed by atoms with Gasteiger partial charge in [-0.3, -0.25) is 28.8 Å². The fourth-order valence-corrected chi connectivity index (χ4v) is 2.66. The van der Waals surface area contributed by atoms with Crippen LogP contribution in [0.25, 0.3) is 11.2 Å². The number of alkyl halides is 1. The molecule has 2 aromatic heterocycles. The quantitative estimate of drug-likeness (QED) is 0.520. The summed E-state index contributed by atoms with van der Waals surface area (Å²) in [6, 6.07) is 0. The highest BCUT2D eigenvalue weighted by molar-refractivity contribution is 6.28. The van der Waals surface area contributed by atoms with E-state index in [1.807, 2.05) is 6.92 Å². The van der Waals surface area contributed by atoms with E-state index in [4.69, 9.17) is 11.6 Å². The van der Waals surface area contributed by atoms with Crippen LogP contribution in [0, 0.1) is 5.92 Å². The van der Waals surface area contributed by atoms with Crippen LogP contribution >= 0.6 is 11.6 Å². The lowest BCUT2D eigenvalue weighted by Crippen LogP contribution is -2.39. The molecule has 10 heteroatoms. The van der Waals surface area contributed by atoms with E-state index in [0.717, 1.165) is 11.0 Å². The number of Topliss-reactive ketones (excluding diaryl/α,β-unsaturated/α-hetero) is 1. The number of aromatic amines is 1. The van der Waals surface area contributed by atoms with Gasteiger partial charge < -0.3 is 4.98 Å². The molecule has 0 bridgehead atoms. The van der Waals surface area contributed by atoms with Gasteiger partial charge in [0.25, 0.3) is 5.56 Å². The summed E-state index contributed by atoms with van der Waals surface area (Å²) < 4.78 is 2.38. The number of fused-ring (bicyclic) bond motifs is 1. The minimum absolute atomic E-state index is 0.0299. The van der Waals surface area contributed by atoms with E-state index in [1.54, 1.807) is 6.92 Å². The summed E-state index contributed by atoms with van der Waals surface area (Å²) in [5.74, 6) is -0.568. The zero-order chi connectivity index (χ0) is 19.4. The average molecular weight is 384 g/mol. The van der Waals surface area contributed by atoms with Gasteiger partial charge in [-0.05, 0) is 19.8 Å². The minimum atomic E-state index is -0.499. The van der Waals surface area contributed by atoms with Crippen molar-refractivity contribution in [1.29, 1.82) is 0 Å². The number of aryl methyl sites for hydroxylation is 1. The van der Waals surface area contributed by atoms with Crippen LogP contribution in [-0.2, 0) is 23.2 Å². The zero-order valence-corrected chi connectivity index (χ0v) is 15.7. The van der Waals surface area contributed by atoms with Gasteiger partial charge in [0.1, 0.15) is 11.7 Å². The van der Waals surface area contributed by atoms with Crippen molar-refractivity contribution in [2.24, 2.45) is 13.0 Å². The molecule has 2 rings (SSSR count). The first-order valence-electron chi connectivity index (χ1n) is 8.32. The van der Waals surface area contributed by atoms with E-state index in [1.165, 1.54) is 11.6 Å². The number of halogens is 1. The third-order valence-electron chi connectivity index (χ3n) is 4.32. The normalized spacial score (nSPS) is 12.3. The van der Waals surface area contributed by atoms with Gasteiger partial charge in [-0.25, -0.2) is 4.79 Å². The molecule has 0 aliphatic heterocycles. The molecule has 0 unspecified atom stereocenters. The summed E-state index contributed by atoms with van der Waals surface area (Å²) >= 11 is 5.43. The van der Waals surface area contributed by atoms with Crippen molar-refractivity contribution in [1.82, 2.24) is 19.1 Å². The van der Waals surface area contributed by atoms with E-state index in [9.17, 15) is 19.2 Å². The van der Waals surface area contributed by atoms with Gasteiger partial charge in [-0.15, -0.1) is 11.6 Å². The molecule has 2 N–H and O–H groups in total.